The summed E-state index contributed by atoms with van der Waals surface area (Å²) in [7, 11) is -1.32. The van der Waals surface area contributed by atoms with Gasteiger partial charge in [-0.1, -0.05) is 45.8 Å². The van der Waals surface area contributed by atoms with Gasteiger partial charge in [0.2, 0.25) is 0 Å². The summed E-state index contributed by atoms with van der Waals surface area (Å²) >= 11 is 3.34. The van der Waals surface area contributed by atoms with E-state index in [0.29, 0.717) is 10.5 Å². The van der Waals surface area contributed by atoms with Gasteiger partial charge in [-0.3, -0.25) is 9.00 Å². The maximum Gasteiger partial charge on any atom is 0.175 e. The van der Waals surface area contributed by atoms with E-state index in [0.717, 1.165) is 15.6 Å². The van der Waals surface area contributed by atoms with Crippen LogP contribution in [0.4, 0.5) is 0 Å². The lowest BCUT2D eigenvalue weighted by Gasteiger charge is -2.06. The number of halogens is 1. The molecule has 0 amide bonds. The molecule has 2 rings (SSSR count). The highest BCUT2D eigenvalue weighted by atomic mass is 79.9. The maximum absolute atomic E-state index is 12.2. The van der Waals surface area contributed by atoms with Gasteiger partial charge >= 0.3 is 0 Å². The topological polar surface area (TPSA) is 34.1 Å². The van der Waals surface area contributed by atoms with Gasteiger partial charge in [-0.2, -0.15) is 0 Å². The normalized spacial score (nSPS) is 12.2. The summed E-state index contributed by atoms with van der Waals surface area (Å²) in [6.07, 6.45) is 0. The summed E-state index contributed by atoms with van der Waals surface area (Å²) in [5.41, 5.74) is 2.70. The number of rotatable bonds is 4. The molecule has 1 atom stereocenters. The quantitative estimate of drug-likeness (QED) is 0.779. The van der Waals surface area contributed by atoms with Gasteiger partial charge in [0.05, 0.1) is 16.6 Å². The van der Waals surface area contributed by atoms with Crippen LogP contribution in [0.15, 0.2) is 51.8 Å². The number of benzene rings is 2. The van der Waals surface area contributed by atoms with Crippen molar-refractivity contribution >= 4 is 32.5 Å². The Morgan fingerprint density at radius 2 is 1.90 bits per heavy atom. The second kappa shape index (κ2) is 6.46. The number of hydrogen-bond acceptors (Lipinski definition) is 2. The number of Topliss-reactive ketones (excluding diaryl/α,β-unsaturated/α-hetero) is 1. The van der Waals surface area contributed by atoms with E-state index in [4.69, 9.17) is 0 Å². The van der Waals surface area contributed by atoms with Crippen LogP contribution in [0.25, 0.3) is 0 Å². The van der Waals surface area contributed by atoms with E-state index in [9.17, 15) is 9.00 Å². The monoisotopic (exact) mass is 350 g/mol. The molecule has 20 heavy (non-hydrogen) atoms. The molecular formula is C16H15BrO2S. The molecule has 0 heterocycles. The molecule has 0 radical (unpaired) electrons. The molecule has 104 valence electrons. The molecule has 2 aromatic carbocycles. The van der Waals surface area contributed by atoms with E-state index in [-0.39, 0.29) is 11.5 Å². The second-order valence-electron chi connectivity index (χ2n) is 4.69. The highest BCUT2D eigenvalue weighted by Crippen LogP contribution is 2.17. The molecule has 0 fully saturated rings. The first-order chi connectivity index (χ1) is 9.47. The number of ketones is 1. The number of carbonyl (C=O) groups excluding carboxylic acids is 1. The van der Waals surface area contributed by atoms with Gasteiger partial charge in [-0.25, -0.2) is 0 Å². The van der Waals surface area contributed by atoms with E-state index < -0.39 is 10.8 Å². The van der Waals surface area contributed by atoms with E-state index >= 15 is 0 Å². The van der Waals surface area contributed by atoms with Crippen LogP contribution in [0.2, 0.25) is 0 Å². The van der Waals surface area contributed by atoms with Gasteiger partial charge in [0.15, 0.2) is 5.78 Å². The summed E-state index contributed by atoms with van der Waals surface area (Å²) in [5.74, 6) is -0.0683. The molecule has 2 aromatic rings. The predicted octanol–water partition coefficient (Wildman–Crippen LogP) is 4.06. The third-order valence-corrected chi connectivity index (χ3v) is 4.80. The number of aryl methyl sites for hydroxylation is 2. The molecule has 0 aliphatic carbocycles. The lowest BCUT2D eigenvalue weighted by atomic mass is 10.0. The first-order valence-corrected chi connectivity index (χ1v) is 8.33. The Balaban J connectivity index is 2.17. The molecule has 0 aromatic heterocycles. The van der Waals surface area contributed by atoms with Gasteiger partial charge in [0.1, 0.15) is 0 Å². The number of hydrogen-bond donors (Lipinski definition) is 0. The van der Waals surface area contributed by atoms with Crippen LogP contribution < -0.4 is 0 Å². The summed E-state index contributed by atoms with van der Waals surface area (Å²) < 4.78 is 13.1. The highest BCUT2D eigenvalue weighted by Gasteiger charge is 2.14. The Bertz CT molecular complexity index is 680. The Labute approximate surface area is 129 Å². The molecule has 0 spiro atoms. The van der Waals surface area contributed by atoms with Crippen LogP contribution in [0.3, 0.4) is 0 Å². The zero-order chi connectivity index (χ0) is 14.7. The fraction of sp³-hybridized carbons (Fsp3) is 0.188. The van der Waals surface area contributed by atoms with Crippen LogP contribution in [0.5, 0.6) is 0 Å². The predicted molar refractivity (Wildman–Crippen MR) is 85.7 cm³/mol. The van der Waals surface area contributed by atoms with E-state index in [1.807, 2.05) is 44.2 Å². The number of carbonyl (C=O) groups is 1. The summed E-state index contributed by atoms with van der Waals surface area (Å²) in [6.45, 7) is 3.89. The molecule has 0 N–H and O–H groups in total. The van der Waals surface area contributed by atoms with Gasteiger partial charge in [0, 0.05) is 14.9 Å². The first kappa shape index (κ1) is 15.1. The third-order valence-electron chi connectivity index (χ3n) is 3.00. The van der Waals surface area contributed by atoms with Crippen molar-refractivity contribution in [1.29, 1.82) is 0 Å². The molecular weight excluding hydrogens is 336 g/mol. The molecule has 0 saturated carbocycles. The van der Waals surface area contributed by atoms with Crippen molar-refractivity contribution in [2.45, 2.75) is 18.7 Å². The van der Waals surface area contributed by atoms with Crippen LogP contribution in [-0.4, -0.2) is 15.7 Å². The van der Waals surface area contributed by atoms with Crippen molar-refractivity contribution in [2.75, 3.05) is 5.75 Å². The van der Waals surface area contributed by atoms with Crippen molar-refractivity contribution in [2.24, 2.45) is 0 Å². The Kier molecular flexibility index (Phi) is 4.89. The summed E-state index contributed by atoms with van der Waals surface area (Å²) in [6, 6.07) is 12.9. The lowest BCUT2D eigenvalue weighted by Crippen LogP contribution is -2.12. The van der Waals surface area contributed by atoms with Crippen LogP contribution in [0, 0.1) is 13.8 Å². The van der Waals surface area contributed by atoms with E-state index in [2.05, 4.69) is 15.9 Å². The lowest BCUT2D eigenvalue weighted by molar-refractivity contribution is 0.102. The van der Waals surface area contributed by atoms with Crippen molar-refractivity contribution in [3.8, 4) is 0 Å². The zero-order valence-electron chi connectivity index (χ0n) is 11.4. The molecule has 4 heteroatoms. The van der Waals surface area contributed by atoms with Crippen LogP contribution in [0.1, 0.15) is 21.5 Å². The largest absolute Gasteiger partial charge is 0.293 e. The van der Waals surface area contributed by atoms with Gasteiger partial charge in [-0.05, 0) is 37.6 Å². The van der Waals surface area contributed by atoms with Gasteiger partial charge < -0.3 is 0 Å². The highest BCUT2D eigenvalue weighted by molar-refractivity contribution is 9.10. The Morgan fingerprint density at radius 3 is 2.55 bits per heavy atom. The Hall–Kier alpha value is -1.26. The average molecular weight is 351 g/mol. The second-order valence-corrected chi connectivity index (χ2v) is 7.06. The van der Waals surface area contributed by atoms with Gasteiger partial charge in [-0.15, -0.1) is 0 Å². The van der Waals surface area contributed by atoms with E-state index in [1.54, 1.807) is 12.1 Å². The van der Waals surface area contributed by atoms with E-state index in [1.165, 1.54) is 0 Å². The maximum atomic E-state index is 12.2. The van der Waals surface area contributed by atoms with Gasteiger partial charge in [0.25, 0.3) is 0 Å². The van der Waals surface area contributed by atoms with Crippen LogP contribution >= 0.6 is 15.9 Å². The molecule has 0 aliphatic heterocycles. The van der Waals surface area contributed by atoms with Crippen molar-refractivity contribution in [3.63, 3.8) is 0 Å². The minimum Gasteiger partial charge on any atom is -0.293 e. The van der Waals surface area contributed by atoms with Crippen molar-refractivity contribution in [1.82, 2.24) is 0 Å². The standard InChI is InChI=1S/C16H15BrO2S/c1-11-6-7-15(12(2)8-11)16(18)10-20(19)14-5-3-4-13(17)9-14/h3-9H,10H2,1-2H3. The smallest absolute Gasteiger partial charge is 0.175 e. The van der Waals surface area contributed by atoms with Crippen LogP contribution in [-0.2, 0) is 10.8 Å². The minimum absolute atomic E-state index is 0.0142. The van der Waals surface area contributed by atoms with Crippen molar-refractivity contribution in [3.05, 3.63) is 63.6 Å². The first-order valence-electron chi connectivity index (χ1n) is 6.22. The third kappa shape index (κ3) is 3.64. The summed E-state index contributed by atoms with van der Waals surface area (Å²) in [4.78, 5) is 12.9. The molecule has 2 nitrogen and oxygen atoms in total. The summed E-state index contributed by atoms with van der Waals surface area (Å²) in [5, 5.41) is 0. The fourth-order valence-electron chi connectivity index (χ4n) is 2.02. The molecule has 1 unspecified atom stereocenters. The molecule has 0 bridgehead atoms. The SMILES string of the molecule is Cc1ccc(C(=O)CS(=O)c2cccc(Br)c2)c(C)c1. The molecule has 0 saturated heterocycles. The molecule has 0 aliphatic rings. The Morgan fingerprint density at radius 1 is 1.15 bits per heavy atom. The average Bonchev–Trinajstić information content (AvgIpc) is 2.38. The fourth-order valence-corrected chi connectivity index (χ4v) is 3.62. The zero-order valence-corrected chi connectivity index (χ0v) is 13.8. The minimum atomic E-state index is -1.32. The van der Waals surface area contributed by atoms with Crippen molar-refractivity contribution < 1.29 is 9.00 Å².